The van der Waals surface area contributed by atoms with Crippen LogP contribution < -0.4 is 5.32 Å². The fourth-order valence-electron chi connectivity index (χ4n) is 1.95. The van der Waals surface area contributed by atoms with Gasteiger partial charge in [-0.25, -0.2) is 0 Å². The molecular formula is C11H17NS. The Morgan fingerprint density at radius 2 is 2.46 bits per heavy atom. The maximum atomic E-state index is 3.58. The van der Waals surface area contributed by atoms with Crippen LogP contribution >= 0.6 is 11.3 Å². The third-order valence-electron chi connectivity index (χ3n) is 2.77. The first-order valence-electron chi connectivity index (χ1n) is 5.19. The summed E-state index contributed by atoms with van der Waals surface area (Å²) in [5, 5.41) is 8.02. The Hall–Kier alpha value is -0.340. The molecule has 0 amide bonds. The molecule has 72 valence electrons. The smallest absolute Gasteiger partial charge is 0.00702 e. The molecule has 0 saturated carbocycles. The molecule has 0 spiro atoms. The average molecular weight is 195 g/mol. The normalized spacial score (nSPS) is 23.2. The first kappa shape index (κ1) is 9.22. The molecule has 0 aliphatic carbocycles. The number of hydrogen-bond acceptors (Lipinski definition) is 2. The third-order valence-corrected chi connectivity index (χ3v) is 3.51. The van der Waals surface area contributed by atoms with Crippen molar-refractivity contribution in [2.45, 2.75) is 38.1 Å². The molecule has 0 bridgehead atoms. The molecule has 2 heterocycles. The Balaban J connectivity index is 1.72. The van der Waals surface area contributed by atoms with Crippen LogP contribution in [0.3, 0.4) is 0 Å². The van der Waals surface area contributed by atoms with E-state index in [4.69, 9.17) is 0 Å². The Kier molecular flexibility index (Phi) is 3.39. The zero-order valence-corrected chi connectivity index (χ0v) is 8.78. The fraction of sp³-hybridized carbons (Fsp3) is 0.636. The largest absolute Gasteiger partial charge is 0.314 e. The van der Waals surface area contributed by atoms with E-state index < -0.39 is 0 Å². The molecule has 0 radical (unpaired) electrons. The van der Waals surface area contributed by atoms with E-state index in [9.17, 15) is 0 Å². The maximum absolute atomic E-state index is 3.58. The van der Waals surface area contributed by atoms with Gasteiger partial charge in [0.1, 0.15) is 0 Å². The summed E-state index contributed by atoms with van der Waals surface area (Å²) in [6.07, 6.45) is 6.73. The molecule has 1 unspecified atom stereocenters. The molecule has 1 aromatic rings. The van der Waals surface area contributed by atoms with E-state index in [2.05, 4.69) is 22.1 Å². The summed E-state index contributed by atoms with van der Waals surface area (Å²) in [7, 11) is 0. The minimum atomic E-state index is 0.786. The zero-order chi connectivity index (χ0) is 8.93. The number of thiophene rings is 1. The van der Waals surface area contributed by atoms with E-state index in [0.717, 1.165) is 6.04 Å². The molecule has 2 rings (SSSR count). The minimum Gasteiger partial charge on any atom is -0.314 e. The van der Waals surface area contributed by atoms with Crippen LogP contribution in [0.1, 0.15) is 31.2 Å². The number of piperidine rings is 1. The summed E-state index contributed by atoms with van der Waals surface area (Å²) < 4.78 is 0. The van der Waals surface area contributed by atoms with Crippen LogP contribution in [-0.4, -0.2) is 12.6 Å². The standard InChI is InChI=1S/C11H17NS/c1-2-7-12-11(3-1)5-4-10-6-8-13-9-10/h6,8-9,11-12H,1-5,7H2. The van der Waals surface area contributed by atoms with Crippen LogP contribution in [0.2, 0.25) is 0 Å². The molecule has 0 aromatic carbocycles. The number of hydrogen-bond donors (Lipinski definition) is 1. The van der Waals surface area contributed by atoms with Crippen LogP contribution in [0.15, 0.2) is 16.8 Å². The van der Waals surface area contributed by atoms with E-state index in [1.807, 2.05) is 0 Å². The lowest BCUT2D eigenvalue weighted by atomic mass is 9.99. The van der Waals surface area contributed by atoms with Crippen molar-refractivity contribution in [3.63, 3.8) is 0 Å². The van der Waals surface area contributed by atoms with Crippen LogP contribution in [0.5, 0.6) is 0 Å². The van der Waals surface area contributed by atoms with Gasteiger partial charge in [-0.1, -0.05) is 6.42 Å². The molecule has 1 N–H and O–H groups in total. The van der Waals surface area contributed by atoms with Crippen molar-refractivity contribution < 1.29 is 0 Å². The predicted molar refractivity (Wildman–Crippen MR) is 58.3 cm³/mol. The number of aryl methyl sites for hydroxylation is 1. The minimum absolute atomic E-state index is 0.786. The van der Waals surface area contributed by atoms with Gasteiger partial charge in [0, 0.05) is 6.04 Å². The summed E-state index contributed by atoms with van der Waals surface area (Å²) in [5.41, 5.74) is 1.51. The summed E-state index contributed by atoms with van der Waals surface area (Å²) in [6.45, 7) is 1.23. The second-order valence-electron chi connectivity index (χ2n) is 3.82. The predicted octanol–water partition coefficient (Wildman–Crippen LogP) is 2.82. The molecule has 1 atom stereocenters. The second-order valence-corrected chi connectivity index (χ2v) is 4.60. The van der Waals surface area contributed by atoms with E-state index in [0.29, 0.717) is 0 Å². The monoisotopic (exact) mass is 195 g/mol. The van der Waals surface area contributed by atoms with E-state index in [1.54, 1.807) is 11.3 Å². The van der Waals surface area contributed by atoms with Crippen LogP contribution in [0.25, 0.3) is 0 Å². The first-order valence-corrected chi connectivity index (χ1v) is 6.14. The van der Waals surface area contributed by atoms with Crippen LogP contribution in [0, 0.1) is 0 Å². The van der Waals surface area contributed by atoms with E-state index >= 15 is 0 Å². The van der Waals surface area contributed by atoms with Gasteiger partial charge in [0.2, 0.25) is 0 Å². The van der Waals surface area contributed by atoms with Gasteiger partial charge in [0.25, 0.3) is 0 Å². The topological polar surface area (TPSA) is 12.0 Å². The Bertz CT molecular complexity index is 224. The summed E-state index contributed by atoms with van der Waals surface area (Å²) >= 11 is 1.81. The fourth-order valence-corrected chi connectivity index (χ4v) is 2.65. The summed E-state index contributed by atoms with van der Waals surface area (Å²) in [5.74, 6) is 0. The van der Waals surface area contributed by atoms with Crippen molar-refractivity contribution in [3.8, 4) is 0 Å². The molecular weight excluding hydrogens is 178 g/mol. The molecule has 1 nitrogen and oxygen atoms in total. The lowest BCUT2D eigenvalue weighted by Gasteiger charge is -2.23. The highest BCUT2D eigenvalue weighted by molar-refractivity contribution is 7.07. The van der Waals surface area contributed by atoms with Crippen molar-refractivity contribution in [1.29, 1.82) is 0 Å². The van der Waals surface area contributed by atoms with Crippen LogP contribution in [0.4, 0.5) is 0 Å². The highest BCUT2D eigenvalue weighted by Gasteiger charge is 2.11. The Morgan fingerprint density at radius 3 is 3.15 bits per heavy atom. The SMILES string of the molecule is c1cc(CCC2CCCCN2)cs1. The van der Waals surface area contributed by atoms with Gasteiger partial charge in [0.05, 0.1) is 0 Å². The van der Waals surface area contributed by atoms with Crippen molar-refractivity contribution >= 4 is 11.3 Å². The van der Waals surface area contributed by atoms with Crippen LogP contribution in [-0.2, 0) is 6.42 Å². The Labute approximate surface area is 84.2 Å². The quantitative estimate of drug-likeness (QED) is 0.782. The highest BCUT2D eigenvalue weighted by Crippen LogP contribution is 2.14. The van der Waals surface area contributed by atoms with Gasteiger partial charge in [0.15, 0.2) is 0 Å². The van der Waals surface area contributed by atoms with Crippen molar-refractivity contribution in [3.05, 3.63) is 22.4 Å². The Morgan fingerprint density at radius 1 is 1.46 bits per heavy atom. The average Bonchev–Trinajstić information content (AvgIpc) is 2.69. The molecule has 1 aliphatic rings. The molecule has 1 saturated heterocycles. The maximum Gasteiger partial charge on any atom is 0.00702 e. The van der Waals surface area contributed by atoms with E-state index in [1.165, 1.54) is 44.2 Å². The zero-order valence-electron chi connectivity index (χ0n) is 7.96. The van der Waals surface area contributed by atoms with Crippen molar-refractivity contribution in [2.75, 3.05) is 6.54 Å². The van der Waals surface area contributed by atoms with Gasteiger partial charge in [-0.05, 0) is 54.6 Å². The number of nitrogens with one attached hydrogen (secondary N) is 1. The van der Waals surface area contributed by atoms with E-state index in [-0.39, 0.29) is 0 Å². The summed E-state index contributed by atoms with van der Waals surface area (Å²) in [6, 6.07) is 3.03. The highest BCUT2D eigenvalue weighted by atomic mass is 32.1. The molecule has 1 aliphatic heterocycles. The van der Waals surface area contributed by atoms with Gasteiger partial charge in [-0.15, -0.1) is 0 Å². The molecule has 13 heavy (non-hydrogen) atoms. The lowest BCUT2D eigenvalue weighted by Crippen LogP contribution is -2.34. The van der Waals surface area contributed by atoms with Gasteiger partial charge in [-0.3, -0.25) is 0 Å². The second kappa shape index (κ2) is 4.77. The molecule has 1 fully saturated rings. The van der Waals surface area contributed by atoms with Gasteiger partial charge >= 0.3 is 0 Å². The van der Waals surface area contributed by atoms with Gasteiger partial charge < -0.3 is 5.32 Å². The lowest BCUT2D eigenvalue weighted by molar-refractivity contribution is 0.383. The molecule has 1 aromatic heterocycles. The third kappa shape index (κ3) is 2.82. The number of rotatable bonds is 3. The van der Waals surface area contributed by atoms with Crippen molar-refractivity contribution in [2.24, 2.45) is 0 Å². The molecule has 2 heteroatoms. The summed E-state index contributed by atoms with van der Waals surface area (Å²) in [4.78, 5) is 0. The first-order chi connectivity index (χ1) is 6.45. The van der Waals surface area contributed by atoms with Gasteiger partial charge in [-0.2, -0.15) is 11.3 Å². The van der Waals surface area contributed by atoms with Crippen molar-refractivity contribution in [1.82, 2.24) is 5.32 Å².